The second kappa shape index (κ2) is 9.52. The zero-order chi connectivity index (χ0) is 23.5. The Balaban J connectivity index is 1.74. The van der Waals surface area contributed by atoms with E-state index in [0.29, 0.717) is 11.3 Å². The number of fused-ring (bicyclic) bond motifs is 1. The molecule has 2 aromatic carbocycles. The van der Waals surface area contributed by atoms with Crippen molar-refractivity contribution in [2.75, 3.05) is 5.32 Å². The first-order chi connectivity index (χ1) is 15.1. The molecule has 0 saturated heterocycles. The Bertz CT molecular complexity index is 1160. The molecule has 0 fully saturated rings. The highest BCUT2D eigenvalue weighted by Crippen LogP contribution is 2.23. The minimum atomic E-state index is -3.68. The average molecular weight is 457 g/mol. The van der Waals surface area contributed by atoms with Crippen LogP contribution in [0, 0.1) is 11.8 Å². The Morgan fingerprint density at radius 2 is 1.72 bits per heavy atom. The van der Waals surface area contributed by atoms with Crippen LogP contribution in [0.15, 0.2) is 58.4 Å². The highest BCUT2D eigenvalue weighted by molar-refractivity contribution is 7.90. The monoisotopic (exact) mass is 456 g/mol. The van der Waals surface area contributed by atoms with Crippen molar-refractivity contribution >= 4 is 33.4 Å². The first-order valence-electron chi connectivity index (χ1n) is 10.5. The molecule has 3 rings (SSSR count). The quantitative estimate of drug-likeness (QED) is 0.594. The molecular formula is C23H28N4O4S. The topological polar surface area (TPSA) is 117 Å². The van der Waals surface area contributed by atoms with E-state index in [0.717, 1.165) is 5.56 Å². The first-order valence-corrected chi connectivity index (χ1v) is 11.9. The molecule has 9 heteroatoms. The minimum absolute atomic E-state index is 0.0822. The number of rotatable bonds is 7. The smallest absolute Gasteiger partial charge is 0.263 e. The summed E-state index contributed by atoms with van der Waals surface area (Å²) in [5.41, 5.74) is 1.94. The van der Waals surface area contributed by atoms with Gasteiger partial charge in [-0.3, -0.25) is 19.3 Å². The number of nitrogens with one attached hydrogen (secondary N) is 3. The van der Waals surface area contributed by atoms with Crippen LogP contribution in [0.4, 0.5) is 5.69 Å². The van der Waals surface area contributed by atoms with Crippen LogP contribution in [0.1, 0.15) is 38.8 Å². The zero-order valence-corrected chi connectivity index (χ0v) is 19.4. The maximum atomic E-state index is 12.9. The van der Waals surface area contributed by atoms with E-state index >= 15 is 0 Å². The minimum Gasteiger partial charge on any atom is -0.350 e. The molecule has 1 heterocycles. The van der Waals surface area contributed by atoms with Crippen molar-refractivity contribution in [3.63, 3.8) is 0 Å². The number of amides is 2. The van der Waals surface area contributed by atoms with Crippen molar-refractivity contribution in [1.82, 2.24) is 10.0 Å². The van der Waals surface area contributed by atoms with Crippen LogP contribution in [-0.4, -0.2) is 32.1 Å². The van der Waals surface area contributed by atoms with Crippen LogP contribution in [0.25, 0.3) is 0 Å². The molecule has 0 aliphatic carbocycles. The fourth-order valence-corrected chi connectivity index (χ4v) is 4.46. The SMILES string of the molecule is CC(C)C(=O)Nc1cccc(CNC(=O)[C@@H](N=C2NS(=O)(=O)c3ccccc32)C(C)C)c1. The van der Waals surface area contributed by atoms with Crippen molar-refractivity contribution in [2.45, 2.75) is 45.2 Å². The fourth-order valence-electron chi connectivity index (χ4n) is 3.22. The molecule has 1 atom stereocenters. The summed E-state index contributed by atoms with van der Waals surface area (Å²) in [6.45, 7) is 7.59. The summed E-state index contributed by atoms with van der Waals surface area (Å²) in [5, 5.41) is 5.70. The highest BCUT2D eigenvalue weighted by atomic mass is 32.2. The van der Waals surface area contributed by atoms with E-state index in [-0.39, 0.29) is 40.9 Å². The maximum Gasteiger partial charge on any atom is 0.263 e. The van der Waals surface area contributed by atoms with Gasteiger partial charge < -0.3 is 10.6 Å². The third-order valence-electron chi connectivity index (χ3n) is 5.02. The number of amidine groups is 1. The van der Waals surface area contributed by atoms with Gasteiger partial charge in [0.15, 0.2) is 0 Å². The molecule has 3 N–H and O–H groups in total. The molecule has 2 aromatic rings. The first kappa shape index (κ1) is 23.5. The molecule has 2 amide bonds. The molecule has 32 heavy (non-hydrogen) atoms. The van der Waals surface area contributed by atoms with Gasteiger partial charge in [-0.1, -0.05) is 52.0 Å². The number of hydrogen-bond acceptors (Lipinski definition) is 5. The molecule has 0 saturated carbocycles. The Kier molecular flexibility index (Phi) is 6.98. The number of carbonyl (C=O) groups is 2. The predicted molar refractivity (Wildman–Crippen MR) is 124 cm³/mol. The van der Waals surface area contributed by atoms with Crippen LogP contribution in [0.5, 0.6) is 0 Å². The number of benzene rings is 2. The molecule has 0 radical (unpaired) electrons. The standard InChI is InChI=1S/C23H28N4O4S/c1-14(2)20(26-21-18-10-5-6-11-19(18)32(30,31)27-21)23(29)24-13-16-8-7-9-17(12-16)25-22(28)15(3)4/h5-12,14-15,20H,13H2,1-4H3,(H,24,29)(H,25,28)(H,26,27)/t20-/m0/s1. The van der Waals surface area contributed by atoms with Crippen molar-refractivity contribution in [1.29, 1.82) is 0 Å². The molecule has 0 bridgehead atoms. The van der Waals surface area contributed by atoms with E-state index in [9.17, 15) is 18.0 Å². The third-order valence-corrected chi connectivity index (χ3v) is 6.41. The van der Waals surface area contributed by atoms with Gasteiger partial charge in [0, 0.05) is 23.7 Å². The Labute approximate surface area is 188 Å². The lowest BCUT2D eigenvalue weighted by Gasteiger charge is -2.17. The Hall–Kier alpha value is -3.20. The molecule has 1 aliphatic rings. The zero-order valence-electron chi connectivity index (χ0n) is 18.5. The molecule has 1 aliphatic heterocycles. The van der Waals surface area contributed by atoms with Gasteiger partial charge in [-0.25, -0.2) is 8.42 Å². The summed E-state index contributed by atoms with van der Waals surface area (Å²) in [7, 11) is -3.68. The predicted octanol–water partition coefficient (Wildman–Crippen LogP) is 2.66. The Morgan fingerprint density at radius 3 is 2.41 bits per heavy atom. The second-order valence-electron chi connectivity index (χ2n) is 8.33. The number of sulfonamides is 1. The lowest BCUT2D eigenvalue weighted by atomic mass is 10.0. The lowest BCUT2D eigenvalue weighted by molar-refractivity contribution is -0.123. The van der Waals surface area contributed by atoms with Gasteiger partial charge in [0.1, 0.15) is 11.9 Å². The van der Waals surface area contributed by atoms with Gasteiger partial charge in [0.05, 0.1) is 4.90 Å². The molecule has 0 spiro atoms. The summed E-state index contributed by atoms with van der Waals surface area (Å²) >= 11 is 0. The van der Waals surface area contributed by atoms with Crippen molar-refractivity contribution < 1.29 is 18.0 Å². The number of carbonyl (C=O) groups excluding carboxylic acids is 2. The van der Waals surface area contributed by atoms with E-state index in [4.69, 9.17) is 0 Å². The number of hydrogen-bond donors (Lipinski definition) is 3. The van der Waals surface area contributed by atoms with Gasteiger partial charge >= 0.3 is 0 Å². The number of aliphatic imine (C=N–C) groups is 1. The van der Waals surface area contributed by atoms with E-state index in [1.165, 1.54) is 6.07 Å². The van der Waals surface area contributed by atoms with E-state index in [1.54, 1.807) is 30.3 Å². The van der Waals surface area contributed by atoms with Gasteiger partial charge in [-0.05, 0) is 35.7 Å². The highest BCUT2D eigenvalue weighted by Gasteiger charge is 2.32. The van der Waals surface area contributed by atoms with Crippen LogP contribution in [0.2, 0.25) is 0 Å². The van der Waals surface area contributed by atoms with Crippen molar-refractivity contribution in [3.05, 3.63) is 59.7 Å². The van der Waals surface area contributed by atoms with Gasteiger partial charge in [-0.2, -0.15) is 0 Å². The maximum absolute atomic E-state index is 12.9. The van der Waals surface area contributed by atoms with Crippen LogP contribution in [-0.2, 0) is 26.2 Å². The Morgan fingerprint density at radius 1 is 1.00 bits per heavy atom. The van der Waals surface area contributed by atoms with Crippen LogP contribution >= 0.6 is 0 Å². The van der Waals surface area contributed by atoms with E-state index in [2.05, 4.69) is 20.3 Å². The number of nitrogens with zero attached hydrogens (tertiary/aromatic N) is 1. The average Bonchev–Trinajstić information content (AvgIpc) is 3.00. The molecule has 0 unspecified atom stereocenters. The summed E-state index contributed by atoms with van der Waals surface area (Å²) in [4.78, 5) is 29.4. The lowest BCUT2D eigenvalue weighted by Crippen LogP contribution is -2.38. The van der Waals surface area contributed by atoms with Crippen LogP contribution in [0.3, 0.4) is 0 Å². The number of anilines is 1. The van der Waals surface area contributed by atoms with Crippen molar-refractivity contribution in [3.8, 4) is 0 Å². The summed E-state index contributed by atoms with van der Waals surface area (Å²) < 4.78 is 27.1. The van der Waals surface area contributed by atoms with Gasteiger partial charge in [0.2, 0.25) is 11.8 Å². The van der Waals surface area contributed by atoms with E-state index in [1.807, 2.05) is 39.8 Å². The summed E-state index contributed by atoms with van der Waals surface area (Å²) in [6.07, 6.45) is 0. The fraction of sp³-hybridized carbons (Fsp3) is 0.348. The van der Waals surface area contributed by atoms with E-state index < -0.39 is 16.1 Å². The second-order valence-corrected chi connectivity index (χ2v) is 9.98. The van der Waals surface area contributed by atoms with Crippen molar-refractivity contribution in [2.24, 2.45) is 16.8 Å². The van der Waals surface area contributed by atoms with Gasteiger partial charge in [-0.15, -0.1) is 0 Å². The molecule has 170 valence electrons. The molecule has 0 aromatic heterocycles. The molecule has 8 nitrogen and oxygen atoms in total. The third kappa shape index (κ3) is 5.34. The normalized spacial score (nSPS) is 16.5. The largest absolute Gasteiger partial charge is 0.350 e. The van der Waals surface area contributed by atoms with Crippen LogP contribution < -0.4 is 15.4 Å². The van der Waals surface area contributed by atoms with Gasteiger partial charge in [0.25, 0.3) is 10.0 Å². The summed E-state index contributed by atoms with van der Waals surface area (Å²) in [5.74, 6) is -0.513. The molecular weight excluding hydrogens is 428 g/mol. The summed E-state index contributed by atoms with van der Waals surface area (Å²) in [6, 6.07) is 13.0.